The molecule has 1 aliphatic carbocycles. The number of H-pyrrole nitrogens is 1. The van der Waals surface area contributed by atoms with E-state index >= 15 is 0 Å². The molecule has 1 saturated carbocycles. The fourth-order valence-electron chi connectivity index (χ4n) is 5.03. The van der Waals surface area contributed by atoms with Gasteiger partial charge in [-0.2, -0.15) is 5.26 Å². The fraction of sp³-hybridized carbons (Fsp3) is 0.267. The van der Waals surface area contributed by atoms with E-state index in [1.165, 1.54) is 0 Å². The van der Waals surface area contributed by atoms with E-state index in [0.717, 1.165) is 49.2 Å². The van der Waals surface area contributed by atoms with Crippen LogP contribution in [0.4, 0.5) is 16.3 Å². The summed E-state index contributed by atoms with van der Waals surface area (Å²) in [6, 6.07) is 18.7. The van der Waals surface area contributed by atoms with Crippen molar-refractivity contribution in [3.63, 3.8) is 0 Å². The van der Waals surface area contributed by atoms with Crippen LogP contribution in [0.2, 0.25) is 0 Å². The molecule has 9 nitrogen and oxygen atoms in total. The Morgan fingerprint density at radius 1 is 1.08 bits per heavy atom. The summed E-state index contributed by atoms with van der Waals surface area (Å²) in [5.41, 5.74) is 3.12. The summed E-state index contributed by atoms with van der Waals surface area (Å²) in [7, 11) is 0. The first-order chi connectivity index (χ1) is 19.1. The molecule has 0 spiro atoms. The lowest BCUT2D eigenvalue weighted by molar-refractivity contribution is 0.240. The van der Waals surface area contributed by atoms with Crippen LogP contribution in [0.3, 0.4) is 0 Å². The number of hydrogen-bond acceptors (Lipinski definition) is 6. The molecule has 1 fully saturated rings. The Morgan fingerprint density at radius 3 is 2.56 bits per heavy atom. The standard InChI is InChI=1S/C30H31N7O2/c31-17-22-8-15-28(33-19-22)35-24-9-11-25(12-10-24)37(30(39)34-18-21-5-2-1-3-6-21)27-14-13-26(36-29(27)38)23-7-4-16-32-20-23/h1-8,13-15,19-20,24-25,32H,9-12,16,18H2,(H,33,35)(H,34,39)(H,36,38). The summed E-state index contributed by atoms with van der Waals surface area (Å²) in [6.07, 6.45) is 10.5. The van der Waals surface area contributed by atoms with E-state index < -0.39 is 0 Å². The van der Waals surface area contributed by atoms with Crippen LogP contribution in [0.5, 0.6) is 0 Å². The average Bonchev–Trinajstić information content (AvgIpc) is 2.99. The molecular formula is C30H31N7O2. The first-order valence-electron chi connectivity index (χ1n) is 13.2. The molecule has 0 radical (unpaired) electrons. The number of anilines is 2. The van der Waals surface area contributed by atoms with Crippen molar-refractivity contribution in [2.45, 2.75) is 44.3 Å². The number of nitriles is 1. The molecule has 2 aliphatic rings. The summed E-state index contributed by atoms with van der Waals surface area (Å²) >= 11 is 0. The average molecular weight is 522 g/mol. The molecule has 2 aromatic heterocycles. The minimum Gasteiger partial charge on any atom is -0.387 e. The van der Waals surface area contributed by atoms with Gasteiger partial charge in [-0.15, -0.1) is 0 Å². The number of nitrogens with zero attached hydrogens (tertiary/aromatic N) is 3. The quantitative estimate of drug-likeness (QED) is 0.368. The van der Waals surface area contributed by atoms with Gasteiger partial charge in [-0.3, -0.25) is 9.69 Å². The number of carbonyl (C=O) groups excluding carboxylic acids is 1. The van der Waals surface area contributed by atoms with E-state index in [1.807, 2.05) is 60.8 Å². The third-order valence-electron chi connectivity index (χ3n) is 7.06. The zero-order chi connectivity index (χ0) is 27.0. The normalized spacial score (nSPS) is 18.3. The van der Waals surface area contributed by atoms with Gasteiger partial charge in [-0.05, 0) is 55.5 Å². The first kappa shape index (κ1) is 25.8. The number of hydrogen-bond donors (Lipinski definition) is 4. The van der Waals surface area contributed by atoms with Crippen molar-refractivity contribution < 1.29 is 4.79 Å². The molecule has 4 N–H and O–H groups in total. The molecule has 0 unspecified atom stereocenters. The van der Waals surface area contributed by atoms with Crippen molar-refractivity contribution in [2.24, 2.45) is 0 Å². The summed E-state index contributed by atoms with van der Waals surface area (Å²) in [5.74, 6) is 0.725. The number of allylic oxidation sites excluding steroid dienone is 2. The van der Waals surface area contributed by atoms with Crippen LogP contribution < -0.4 is 26.4 Å². The molecule has 0 saturated heterocycles. The predicted molar refractivity (Wildman–Crippen MR) is 152 cm³/mol. The van der Waals surface area contributed by atoms with Crippen molar-refractivity contribution in [3.8, 4) is 6.07 Å². The van der Waals surface area contributed by atoms with E-state index in [9.17, 15) is 9.59 Å². The summed E-state index contributed by atoms with van der Waals surface area (Å²) in [6.45, 7) is 1.12. The number of carbonyl (C=O) groups is 1. The summed E-state index contributed by atoms with van der Waals surface area (Å²) < 4.78 is 0. The maximum Gasteiger partial charge on any atom is 0.322 e. The molecule has 3 aromatic rings. The number of pyridine rings is 2. The van der Waals surface area contributed by atoms with Crippen LogP contribution in [-0.2, 0) is 6.54 Å². The van der Waals surface area contributed by atoms with Crippen LogP contribution >= 0.6 is 0 Å². The van der Waals surface area contributed by atoms with Crippen LogP contribution in [0.1, 0.15) is 42.5 Å². The summed E-state index contributed by atoms with van der Waals surface area (Å²) in [5, 5.41) is 18.6. The van der Waals surface area contributed by atoms with Gasteiger partial charge in [0.05, 0.1) is 5.56 Å². The van der Waals surface area contributed by atoms with Gasteiger partial charge in [0.25, 0.3) is 5.56 Å². The number of aromatic nitrogens is 2. The van der Waals surface area contributed by atoms with E-state index in [2.05, 4.69) is 32.0 Å². The third kappa shape index (κ3) is 6.36. The van der Waals surface area contributed by atoms with Gasteiger partial charge in [0.15, 0.2) is 0 Å². The van der Waals surface area contributed by atoms with Crippen molar-refractivity contribution >= 4 is 23.1 Å². The van der Waals surface area contributed by atoms with Gasteiger partial charge in [0.1, 0.15) is 17.6 Å². The number of dihydropyridines is 1. The van der Waals surface area contributed by atoms with Crippen LogP contribution in [0, 0.1) is 11.3 Å². The SMILES string of the molecule is N#Cc1ccc(NC2CCC(N(C(=O)NCc3ccccc3)c3ccc(C4=CNCC=C4)[nH]c3=O)CC2)nc1. The second kappa shape index (κ2) is 12.1. The van der Waals surface area contributed by atoms with Gasteiger partial charge in [-0.25, -0.2) is 9.78 Å². The maximum atomic E-state index is 13.6. The second-order valence-electron chi connectivity index (χ2n) is 9.70. The van der Waals surface area contributed by atoms with E-state index in [1.54, 1.807) is 23.2 Å². The molecular weight excluding hydrogens is 490 g/mol. The van der Waals surface area contributed by atoms with Crippen molar-refractivity contribution in [2.75, 3.05) is 16.8 Å². The lowest BCUT2D eigenvalue weighted by Crippen LogP contribution is -2.50. The third-order valence-corrected chi connectivity index (χ3v) is 7.06. The first-order valence-corrected chi connectivity index (χ1v) is 13.2. The van der Waals surface area contributed by atoms with Crippen molar-refractivity contribution in [3.05, 3.63) is 106 Å². The highest BCUT2D eigenvalue weighted by atomic mass is 16.2. The van der Waals surface area contributed by atoms with Crippen molar-refractivity contribution in [1.29, 1.82) is 5.26 Å². The molecule has 1 aromatic carbocycles. The topological polar surface area (TPSA) is 126 Å². The number of amides is 2. The van der Waals surface area contributed by atoms with E-state index in [4.69, 9.17) is 5.26 Å². The Bertz CT molecular complexity index is 1450. The van der Waals surface area contributed by atoms with Gasteiger partial charge in [0, 0.05) is 48.8 Å². The highest BCUT2D eigenvalue weighted by Crippen LogP contribution is 2.28. The largest absolute Gasteiger partial charge is 0.387 e. The Labute approximate surface area is 227 Å². The number of benzene rings is 1. The van der Waals surface area contributed by atoms with Crippen LogP contribution in [0.25, 0.3) is 5.57 Å². The smallest absolute Gasteiger partial charge is 0.322 e. The Morgan fingerprint density at radius 2 is 1.90 bits per heavy atom. The van der Waals surface area contributed by atoms with E-state index in [-0.39, 0.29) is 23.7 Å². The Hall–Kier alpha value is -4.84. The number of urea groups is 1. The fourth-order valence-corrected chi connectivity index (χ4v) is 5.03. The lowest BCUT2D eigenvalue weighted by Gasteiger charge is -2.37. The molecule has 9 heteroatoms. The Balaban J connectivity index is 1.33. The zero-order valence-corrected chi connectivity index (χ0v) is 21.6. The number of rotatable bonds is 7. The minimum absolute atomic E-state index is 0.129. The predicted octanol–water partition coefficient (Wildman–Crippen LogP) is 4.28. The van der Waals surface area contributed by atoms with Crippen molar-refractivity contribution in [1.82, 2.24) is 20.6 Å². The Kier molecular flexibility index (Phi) is 8.03. The summed E-state index contributed by atoms with van der Waals surface area (Å²) in [4.78, 5) is 35.8. The highest BCUT2D eigenvalue weighted by molar-refractivity contribution is 5.92. The molecule has 0 atom stereocenters. The van der Waals surface area contributed by atoms with Gasteiger partial charge in [0.2, 0.25) is 0 Å². The lowest BCUT2D eigenvalue weighted by atomic mass is 9.90. The zero-order valence-electron chi connectivity index (χ0n) is 21.6. The van der Waals surface area contributed by atoms with Gasteiger partial charge in [-0.1, -0.05) is 42.5 Å². The molecule has 39 heavy (non-hydrogen) atoms. The van der Waals surface area contributed by atoms with Gasteiger partial charge >= 0.3 is 6.03 Å². The maximum absolute atomic E-state index is 13.6. The highest BCUT2D eigenvalue weighted by Gasteiger charge is 2.31. The number of nitrogens with one attached hydrogen (secondary N) is 4. The van der Waals surface area contributed by atoms with E-state index in [0.29, 0.717) is 23.5 Å². The molecule has 0 bridgehead atoms. The van der Waals surface area contributed by atoms with Crippen LogP contribution in [0.15, 0.2) is 83.9 Å². The minimum atomic E-state index is -0.302. The molecule has 3 heterocycles. The second-order valence-corrected chi connectivity index (χ2v) is 9.70. The molecule has 198 valence electrons. The number of aromatic amines is 1. The molecule has 5 rings (SSSR count). The van der Waals surface area contributed by atoms with Gasteiger partial charge < -0.3 is 20.9 Å². The molecule has 1 aliphatic heterocycles. The van der Waals surface area contributed by atoms with Crippen LogP contribution in [-0.4, -0.2) is 34.6 Å². The molecule has 2 amide bonds. The monoisotopic (exact) mass is 521 g/mol.